The van der Waals surface area contributed by atoms with Crippen LogP contribution in [0.1, 0.15) is 64.2 Å². The lowest BCUT2D eigenvalue weighted by Crippen LogP contribution is -2.58. The molecule has 3 aromatic carbocycles. The Labute approximate surface area is 346 Å². The number of rotatable bonds is 12. The highest BCUT2D eigenvalue weighted by Gasteiger charge is 2.51. The Morgan fingerprint density at radius 1 is 1.00 bits per heavy atom. The van der Waals surface area contributed by atoms with Gasteiger partial charge < -0.3 is 20.3 Å². The molecule has 3 heterocycles. The second kappa shape index (κ2) is 17.3. The molecule has 1 unspecified atom stereocenters. The number of thiocarbonyl (C=S) groups is 1. The number of anilines is 4. The van der Waals surface area contributed by atoms with Crippen LogP contribution in [0.2, 0.25) is 0 Å². The number of carbonyl (C=O) groups is 4. The maximum Gasteiger partial charge on any atom is 0.417 e. The number of hydrogen-bond donors (Lipinski definition) is 3. The van der Waals surface area contributed by atoms with Gasteiger partial charge in [0.25, 0.3) is 5.91 Å². The molecule has 13 nitrogen and oxygen atoms in total. The van der Waals surface area contributed by atoms with Gasteiger partial charge in [-0.3, -0.25) is 39.2 Å². The summed E-state index contributed by atoms with van der Waals surface area (Å²) < 4.78 is 47.7. The highest BCUT2D eigenvalue weighted by molar-refractivity contribution is 7.81. The Bertz CT molecular complexity index is 2190. The molecule has 3 N–H and O–H groups in total. The Kier molecular flexibility index (Phi) is 12.6. The van der Waals surface area contributed by atoms with Crippen molar-refractivity contribution in [3.05, 3.63) is 77.4 Å². The van der Waals surface area contributed by atoms with Gasteiger partial charge in [-0.1, -0.05) is 13.0 Å². The normalized spacial score (nSPS) is 21.3. The molecule has 3 aliphatic heterocycles. The first-order valence-corrected chi connectivity index (χ1v) is 19.9. The summed E-state index contributed by atoms with van der Waals surface area (Å²) in [5.74, 6) is -0.654. The molecule has 3 fully saturated rings. The molecule has 0 aliphatic carbocycles. The number of halogens is 3. The fourth-order valence-electron chi connectivity index (χ4n) is 7.76. The van der Waals surface area contributed by atoms with E-state index in [-0.39, 0.29) is 53.6 Å². The lowest BCUT2D eigenvalue weighted by Gasteiger charge is -2.43. The number of nitrogens with zero attached hydrogens (tertiary/aromatic N) is 5. The number of nitrogens with one attached hydrogen (secondary N) is 3. The van der Waals surface area contributed by atoms with Crippen molar-refractivity contribution in [3.63, 3.8) is 0 Å². The molecule has 6 rings (SSSR count). The van der Waals surface area contributed by atoms with Crippen molar-refractivity contribution >= 4 is 63.7 Å². The molecule has 0 radical (unpaired) electrons. The summed E-state index contributed by atoms with van der Waals surface area (Å²) in [5, 5.41) is 17.7. The van der Waals surface area contributed by atoms with Crippen LogP contribution in [-0.4, -0.2) is 95.0 Å². The van der Waals surface area contributed by atoms with E-state index in [0.29, 0.717) is 55.3 Å². The van der Waals surface area contributed by atoms with Crippen molar-refractivity contribution in [3.8, 4) is 11.8 Å². The van der Waals surface area contributed by atoms with Crippen LogP contribution in [0.15, 0.2) is 60.7 Å². The number of alkyl halides is 3. The zero-order valence-electron chi connectivity index (χ0n) is 33.5. The topological polar surface area (TPSA) is 150 Å². The number of hydrogen-bond acceptors (Lipinski definition) is 10. The Balaban J connectivity index is 1.03. The maximum absolute atomic E-state index is 13.8. The molecule has 0 saturated carbocycles. The molecule has 3 aliphatic rings. The summed E-state index contributed by atoms with van der Waals surface area (Å²) in [4.78, 5) is 57.7. The van der Waals surface area contributed by atoms with Gasteiger partial charge in [0.15, 0.2) is 5.11 Å². The molecule has 17 heteroatoms. The van der Waals surface area contributed by atoms with E-state index in [4.69, 9.17) is 17.0 Å². The second-order valence-electron chi connectivity index (χ2n) is 15.6. The van der Waals surface area contributed by atoms with Gasteiger partial charge in [-0.15, -0.1) is 0 Å². The fourth-order valence-corrected chi connectivity index (χ4v) is 8.28. The van der Waals surface area contributed by atoms with Gasteiger partial charge in [-0.05, 0) is 113 Å². The van der Waals surface area contributed by atoms with E-state index >= 15 is 0 Å². The number of aryl methyl sites for hydroxylation is 1. The Morgan fingerprint density at radius 3 is 2.39 bits per heavy atom. The minimum Gasteiger partial charge on any atom is -0.492 e. The predicted molar refractivity (Wildman–Crippen MR) is 221 cm³/mol. The molecule has 4 amide bonds. The fraction of sp³-hybridized carbons (Fsp3) is 0.429. The zero-order chi connectivity index (χ0) is 42.8. The Hall–Kier alpha value is -5.57. The van der Waals surface area contributed by atoms with Crippen molar-refractivity contribution < 1.29 is 37.1 Å². The van der Waals surface area contributed by atoms with Gasteiger partial charge in [0.2, 0.25) is 17.7 Å². The summed E-state index contributed by atoms with van der Waals surface area (Å²) in [6, 6.07) is 17.0. The van der Waals surface area contributed by atoms with Crippen LogP contribution in [-0.2, 0) is 31.8 Å². The molecule has 3 atom stereocenters. The summed E-state index contributed by atoms with van der Waals surface area (Å²) in [6.45, 7) is 12.1. The number of amides is 4. The molecule has 3 aromatic rings. The van der Waals surface area contributed by atoms with Crippen molar-refractivity contribution in [2.45, 2.75) is 83.7 Å². The van der Waals surface area contributed by atoms with Crippen molar-refractivity contribution in [1.82, 2.24) is 15.1 Å². The van der Waals surface area contributed by atoms with Crippen molar-refractivity contribution in [1.29, 1.82) is 5.26 Å². The first kappa shape index (κ1) is 43.0. The average molecular weight is 833 g/mol. The molecule has 0 bridgehead atoms. The van der Waals surface area contributed by atoms with Crippen molar-refractivity contribution in [2.75, 3.05) is 53.2 Å². The predicted octanol–water partition coefficient (Wildman–Crippen LogP) is 5.69. The van der Waals surface area contributed by atoms with E-state index in [1.807, 2.05) is 19.1 Å². The number of piperazine rings is 1. The Morgan fingerprint density at radius 2 is 1.69 bits per heavy atom. The van der Waals surface area contributed by atoms with Gasteiger partial charge >= 0.3 is 6.18 Å². The lowest BCUT2D eigenvalue weighted by atomic mass is 10.0. The largest absolute Gasteiger partial charge is 0.492 e. The van der Waals surface area contributed by atoms with Gasteiger partial charge in [0, 0.05) is 55.2 Å². The third-order valence-corrected chi connectivity index (χ3v) is 11.4. The number of piperidine rings is 1. The van der Waals surface area contributed by atoms with Crippen LogP contribution >= 0.6 is 12.2 Å². The average Bonchev–Trinajstić information content (AvgIpc) is 3.35. The lowest BCUT2D eigenvalue weighted by molar-refractivity contribution is -0.138. The molecular weight excluding hydrogens is 786 g/mol. The zero-order valence-corrected chi connectivity index (χ0v) is 34.3. The monoisotopic (exact) mass is 832 g/mol. The van der Waals surface area contributed by atoms with Gasteiger partial charge in [-0.2, -0.15) is 18.4 Å². The van der Waals surface area contributed by atoms with Crippen LogP contribution in [0.5, 0.6) is 5.75 Å². The van der Waals surface area contributed by atoms with Gasteiger partial charge in [-0.25, -0.2) is 0 Å². The first-order chi connectivity index (χ1) is 27.9. The van der Waals surface area contributed by atoms with Crippen LogP contribution < -0.4 is 30.5 Å². The van der Waals surface area contributed by atoms with Gasteiger partial charge in [0.05, 0.1) is 29.4 Å². The number of nitriles is 1. The summed E-state index contributed by atoms with van der Waals surface area (Å²) in [5.41, 5.74) is -0.291. The van der Waals surface area contributed by atoms with E-state index in [1.165, 1.54) is 6.07 Å². The first-order valence-electron chi connectivity index (χ1n) is 19.4. The van der Waals surface area contributed by atoms with E-state index in [2.05, 4.69) is 39.6 Å². The standard InChI is InChI=1S/C42H47F3N8O5S/c1-6-27-18-32(53-40(59)52(39(57)41(53,4)5)31-11-10-28(21-46)33(20-31)42(43,44)45)12-14-35(27)58-17-16-50-22-26(3)51(23-25(50)2)24-37(55)48-30-9-7-8-29(19-30)47-34-13-15-36(54)49-38(34)56/h7-12,14,18-20,25-26,34,47H,6,13,15-17,22-24H2,1-5H3,(H,48,55)(H,49,54,56)/t25-,26-,34?/m0/s1. The minimum absolute atomic E-state index is 0.0156. The third-order valence-electron chi connectivity index (χ3n) is 11.0. The van der Waals surface area contributed by atoms with E-state index < -0.39 is 34.8 Å². The van der Waals surface area contributed by atoms with Crippen LogP contribution in [0.25, 0.3) is 0 Å². The van der Waals surface area contributed by atoms with Crippen molar-refractivity contribution in [2.24, 2.45) is 0 Å². The number of benzene rings is 3. The maximum atomic E-state index is 13.8. The van der Waals surface area contributed by atoms with Crippen LogP contribution in [0.3, 0.4) is 0 Å². The molecule has 3 saturated heterocycles. The number of imide groups is 1. The molecule has 0 spiro atoms. The highest BCUT2D eigenvalue weighted by atomic mass is 32.1. The second-order valence-corrected chi connectivity index (χ2v) is 15.9. The quantitative estimate of drug-likeness (QED) is 0.153. The molecular formula is C42H47F3N8O5S. The minimum atomic E-state index is -4.80. The number of carbonyl (C=O) groups excluding carboxylic acids is 4. The SMILES string of the molecule is CCc1cc(N2C(=S)N(c3ccc(C#N)c(C(F)(F)F)c3)C(=O)C2(C)C)ccc1OCCN1C[C@H](C)N(CC(=O)Nc2cccc(NC3CCC(=O)NC3=O)c2)C[C@@H]1C. The smallest absolute Gasteiger partial charge is 0.417 e. The van der Waals surface area contributed by atoms with E-state index in [1.54, 1.807) is 55.1 Å². The molecule has 0 aromatic heterocycles. The summed E-state index contributed by atoms with van der Waals surface area (Å²) in [6.07, 6.45) is -3.54. The van der Waals surface area contributed by atoms with Crippen LogP contribution in [0.4, 0.5) is 35.9 Å². The summed E-state index contributed by atoms with van der Waals surface area (Å²) >= 11 is 5.72. The molecule has 59 heavy (non-hydrogen) atoms. The third kappa shape index (κ3) is 9.35. The van der Waals surface area contributed by atoms with Crippen LogP contribution in [0, 0.1) is 11.3 Å². The molecule has 312 valence electrons. The highest BCUT2D eigenvalue weighted by Crippen LogP contribution is 2.40. The summed E-state index contributed by atoms with van der Waals surface area (Å²) in [7, 11) is 0. The van der Waals surface area contributed by atoms with E-state index in [0.717, 1.165) is 29.1 Å². The van der Waals surface area contributed by atoms with E-state index in [9.17, 15) is 37.6 Å². The number of ether oxygens (including phenoxy) is 1. The van der Waals surface area contributed by atoms with Gasteiger partial charge in [0.1, 0.15) is 23.9 Å².